The minimum absolute atomic E-state index is 0.117. The molecule has 0 unspecified atom stereocenters. The van der Waals surface area contributed by atoms with Crippen LogP contribution in [0.2, 0.25) is 0 Å². The second-order valence-corrected chi connectivity index (χ2v) is 4.99. The van der Waals surface area contributed by atoms with Crippen molar-refractivity contribution in [1.82, 2.24) is 9.97 Å². The van der Waals surface area contributed by atoms with E-state index in [0.29, 0.717) is 22.2 Å². The van der Waals surface area contributed by atoms with Gasteiger partial charge in [0.1, 0.15) is 5.75 Å². The smallest absolute Gasteiger partial charge is 0.193 e. The molecule has 3 rings (SSSR count). The summed E-state index contributed by atoms with van der Waals surface area (Å²) >= 11 is 0. The Morgan fingerprint density at radius 2 is 1.71 bits per heavy atom. The van der Waals surface area contributed by atoms with Gasteiger partial charge in [-0.1, -0.05) is 6.07 Å². The largest absolute Gasteiger partial charge is 0.508 e. The first-order valence-corrected chi connectivity index (χ1v) is 6.62. The Morgan fingerprint density at radius 1 is 1.00 bits per heavy atom. The first-order chi connectivity index (χ1) is 10.1. The summed E-state index contributed by atoms with van der Waals surface area (Å²) in [6, 6.07) is 8.60. The molecule has 0 radical (unpaired) electrons. The maximum absolute atomic E-state index is 12.7. The minimum atomic E-state index is -0.117. The fourth-order valence-electron chi connectivity index (χ4n) is 2.43. The molecule has 4 heteroatoms. The SMILES string of the molecule is Cc1ccc(O)c(C)c1C(=O)c1ccc2nccnc2c1. The van der Waals surface area contributed by atoms with Crippen LogP contribution in [-0.2, 0) is 0 Å². The summed E-state index contributed by atoms with van der Waals surface area (Å²) in [6.45, 7) is 3.61. The van der Waals surface area contributed by atoms with Crippen molar-refractivity contribution in [2.45, 2.75) is 13.8 Å². The molecule has 0 aliphatic carbocycles. The number of phenols is 1. The van der Waals surface area contributed by atoms with E-state index in [1.165, 1.54) is 0 Å². The van der Waals surface area contributed by atoms with Crippen LogP contribution < -0.4 is 0 Å². The Bertz CT molecular complexity index is 857. The zero-order valence-electron chi connectivity index (χ0n) is 11.8. The molecule has 4 nitrogen and oxygen atoms in total. The number of aromatic nitrogens is 2. The molecule has 0 aliphatic rings. The van der Waals surface area contributed by atoms with Gasteiger partial charge in [-0.25, -0.2) is 0 Å². The second-order valence-electron chi connectivity index (χ2n) is 4.99. The molecule has 1 N–H and O–H groups in total. The predicted molar refractivity (Wildman–Crippen MR) is 80.6 cm³/mol. The van der Waals surface area contributed by atoms with Crippen molar-refractivity contribution in [3.05, 3.63) is 65.0 Å². The van der Waals surface area contributed by atoms with Crippen LogP contribution in [-0.4, -0.2) is 20.9 Å². The average Bonchev–Trinajstić information content (AvgIpc) is 2.51. The van der Waals surface area contributed by atoms with Crippen LogP contribution in [0.1, 0.15) is 27.0 Å². The van der Waals surface area contributed by atoms with Crippen molar-refractivity contribution in [1.29, 1.82) is 0 Å². The molecule has 104 valence electrons. The molecule has 0 saturated heterocycles. The van der Waals surface area contributed by atoms with E-state index >= 15 is 0 Å². The number of fused-ring (bicyclic) bond motifs is 1. The van der Waals surface area contributed by atoms with Gasteiger partial charge in [0.15, 0.2) is 5.78 Å². The van der Waals surface area contributed by atoms with Gasteiger partial charge >= 0.3 is 0 Å². The van der Waals surface area contributed by atoms with Crippen LogP contribution in [0.3, 0.4) is 0 Å². The summed E-state index contributed by atoms with van der Waals surface area (Å²) in [5, 5.41) is 9.82. The number of benzene rings is 2. The maximum Gasteiger partial charge on any atom is 0.193 e. The lowest BCUT2D eigenvalue weighted by Crippen LogP contribution is -2.06. The zero-order valence-corrected chi connectivity index (χ0v) is 11.8. The summed E-state index contributed by atoms with van der Waals surface area (Å²) in [6.07, 6.45) is 3.22. The van der Waals surface area contributed by atoms with Gasteiger partial charge < -0.3 is 5.11 Å². The van der Waals surface area contributed by atoms with Crippen molar-refractivity contribution in [3.8, 4) is 5.75 Å². The molecule has 0 saturated carbocycles. The number of rotatable bonds is 2. The maximum atomic E-state index is 12.7. The fourth-order valence-corrected chi connectivity index (χ4v) is 2.43. The molecule has 0 bridgehead atoms. The van der Waals surface area contributed by atoms with Crippen molar-refractivity contribution in [2.75, 3.05) is 0 Å². The van der Waals surface area contributed by atoms with Crippen molar-refractivity contribution >= 4 is 16.8 Å². The minimum Gasteiger partial charge on any atom is -0.508 e. The Labute approximate surface area is 122 Å². The van der Waals surface area contributed by atoms with Gasteiger partial charge in [-0.05, 0) is 43.7 Å². The van der Waals surface area contributed by atoms with Crippen LogP contribution in [0, 0.1) is 13.8 Å². The second kappa shape index (κ2) is 4.98. The average molecular weight is 278 g/mol. The molecule has 0 spiro atoms. The van der Waals surface area contributed by atoms with E-state index in [0.717, 1.165) is 11.1 Å². The molecule has 0 aliphatic heterocycles. The third-order valence-corrected chi connectivity index (χ3v) is 3.60. The third kappa shape index (κ3) is 2.25. The number of phenolic OH excluding ortho intramolecular Hbond substituents is 1. The Kier molecular flexibility index (Phi) is 3.14. The zero-order chi connectivity index (χ0) is 15.0. The van der Waals surface area contributed by atoms with Gasteiger partial charge in [0.05, 0.1) is 11.0 Å². The van der Waals surface area contributed by atoms with Crippen molar-refractivity contribution < 1.29 is 9.90 Å². The van der Waals surface area contributed by atoms with Gasteiger partial charge in [-0.15, -0.1) is 0 Å². The predicted octanol–water partition coefficient (Wildman–Crippen LogP) is 3.18. The number of carbonyl (C=O) groups is 1. The lowest BCUT2D eigenvalue weighted by Gasteiger charge is -2.10. The van der Waals surface area contributed by atoms with Crippen LogP contribution in [0.25, 0.3) is 11.0 Å². The van der Waals surface area contributed by atoms with Crippen molar-refractivity contribution in [3.63, 3.8) is 0 Å². The number of carbonyl (C=O) groups excluding carboxylic acids is 1. The molecular weight excluding hydrogens is 264 g/mol. The van der Waals surface area contributed by atoms with E-state index in [4.69, 9.17) is 0 Å². The Morgan fingerprint density at radius 3 is 2.48 bits per heavy atom. The quantitative estimate of drug-likeness (QED) is 0.731. The molecule has 3 aromatic rings. The van der Waals surface area contributed by atoms with Crippen LogP contribution in [0.4, 0.5) is 0 Å². The summed E-state index contributed by atoms with van der Waals surface area (Å²) in [5.41, 5.74) is 3.95. The van der Waals surface area contributed by atoms with E-state index < -0.39 is 0 Å². The summed E-state index contributed by atoms with van der Waals surface area (Å²) in [7, 11) is 0. The number of nitrogens with zero attached hydrogens (tertiary/aromatic N) is 2. The first-order valence-electron chi connectivity index (χ1n) is 6.62. The molecule has 2 aromatic carbocycles. The number of hydrogen-bond acceptors (Lipinski definition) is 4. The third-order valence-electron chi connectivity index (χ3n) is 3.60. The standard InChI is InChI=1S/C17H14N2O2/c1-10-3-6-15(20)11(2)16(10)17(21)12-4-5-13-14(9-12)19-8-7-18-13/h3-9,20H,1-2H3. The van der Waals surface area contributed by atoms with Gasteiger partial charge in [0.25, 0.3) is 0 Å². The number of aryl methyl sites for hydroxylation is 1. The van der Waals surface area contributed by atoms with Crippen LogP contribution in [0.5, 0.6) is 5.75 Å². The highest BCUT2D eigenvalue weighted by molar-refractivity contribution is 6.12. The lowest BCUT2D eigenvalue weighted by molar-refractivity contribution is 0.103. The van der Waals surface area contributed by atoms with Crippen molar-refractivity contribution in [2.24, 2.45) is 0 Å². The van der Waals surface area contributed by atoms with Crippen LogP contribution >= 0.6 is 0 Å². The Balaban J connectivity index is 2.15. The lowest BCUT2D eigenvalue weighted by atomic mass is 9.94. The molecule has 1 heterocycles. The molecule has 0 atom stereocenters. The fraction of sp³-hybridized carbons (Fsp3) is 0.118. The highest BCUT2D eigenvalue weighted by Gasteiger charge is 2.17. The molecule has 21 heavy (non-hydrogen) atoms. The monoisotopic (exact) mass is 278 g/mol. The van der Waals surface area contributed by atoms with E-state index in [1.54, 1.807) is 49.6 Å². The number of aromatic hydroxyl groups is 1. The van der Waals surface area contributed by atoms with Gasteiger partial charge in [0, 0.05) is 29.1 Å². The highest BCUT2D eigenvalue weighted by Crippen LogP contribution is 2.26. The molecule has 0 fully saturated rings. The first kappa shape index (κ1) is 13.2. The summed E-state index contributed by atoms with van der Waals surface area (Å²) in [4.78, 5) is 21.1. The van der Waals surface area contributed by atoms with E-state index in [-0.39, 0.29) is 11.5 Å². The summed E-state index contributed by atoms with van der Waals surface area (Å²) < 4.78 is 0. The van der Waals surface area contributed by atoms with Gasteiger partial charge in [-0.3, -0.25) is 14.8 Å². The number of ketones is 1. The van der Waals surface area contributed by atoms with Crippen LogP contribution in [0.15, 0.2) is 42.7 Å². The molecule has 1 aromatic heterocycles. The molecular formula is C17H14N2O2. The van der Waals surface area contributed by atoms with E-state index in [9.17, 15) is 9.90 Å². The van der Waals surface area contributed by atoms with E-state index in [1.807, 2.05) is 6.92 Å². The van der Waals surface area contributed by atoms with Gasteiger partial charge in [-0.2, -0.15) is 0 Å². The Hall–Kier alpha value is -2.75. The highest BCUT2D eigenvalue weighted by atomic mass is 16.3. The normalized spacial score (nSPS) is 10.8. The number of hydrogen-bond donors (Lipinski definition) is 1. The summed E-state index contributed by atoms with van der Waals surface area (Å²) in [5.74, 6) is 0.0120. The topological polar surface area (TPSA) is 63.1 Å². The van der Waals surface area contributed by atoms with E-state index in [2.05, 4.69) is 9.97 Å². The van der Waals surface area contributed by atoms with Gasteiger partial charge in [0.2, 0.25) is 0 Å². The molecule has 0 amide bonds.